The molecule has 3 rings (SSSR count). The first kappa shape index (κ1) is 26.9. The van der Waals surface area contributed by atoms with Crippen molar-refractivity contribution in [3.05, 3.63) is 24.3 Å². The average molecular weight is 596 g/mol. The molecular formula is C24H36Br2N8. The fraction of sp³-hybridized carbons (Fsp3) is 0.667. The number of benzene rings is 1. The van der Waals surface area contributed by atoms with Crippen LogP contribution >= 0.6 is 31.9 Å². The summed E-state index contributed by atoms with van der Waals surface area (Å²) in [7, 11) is 0. The zero-order valence-corrected chi connectivity index (χ0v) is 23.1. The minimum Gasteiger partial charge on any atom is -0.164 e. The molecule has 8 nitrogen and oxygen atoms in total. The van der Waals surface area contributed by atoms with Gasteiger partial charge in [0.25, 0.3) is 0 Å². The number of aromatic nitrogens is 8. The van der Waals surface area contributed by atoms with Crippen molar-refractivity contribution in [1.29, 1.82) is 0 Å². The van der Waals surface area contributed by atoms with E-state index in [1.54, 1.807) is 9.59 Å². The standard InChI is InChI=1S/C24H36Br2N8/c25-16-9-5-1-3-7-11-18-33-29-23(27-31-33)21-14-13-15-22(20-21)24-28-32-34(30-24)19-12-8-4-2-6-10-17-26/h13-15,20H,1-12,16-19H2. The van der Waals surface area contributed by atoms with Gasteiger partial charge in [0.1, 0.15) is 0 Å². The van der Waals surface area contributed by atoms with E-state index in [1.165, 1.54) is 64.2 Å². The molecule has 0 spiro atoms. The fourth-order valence-electron chi connectivity index (χ4n) is 3.81. The maximum atomic E-state index is 4.57. The number of hydrogen-bond donors (Lipinski definition) is 0. The average Bonchev–Trinajstić information content (AvgIpc) is 3.53. The van der Waals surface area contributed by atoms with Crippen LogP contribution in [0.15, 0.2) is 24.3 Å². The Hall–Kier alpha value is -1.68. The highest BCUT2D eigenvalue weighted by Crippen LogP contribution is 2.21. The third kappa shape index (κ3) is 9.52. The van der Waals surface area contributed by atoms with Gasteiger partial charge < -0.3 is 0 Å². The maximum absolute atomic E-state index is 4.57. The molecule has 0 aliphatic rings. The van der Waals surface area contributed by atoms with Crippen molar-refractivity contribution in [3.63, 3.8) is 0 Å². The third-order valence-electron chi connectivity index (χ3n) is 5.77. The zero-order valence-electron chi connectivity index (χ0n) is 20.0. The van der Waals surface area contributed by atoms with E-state index in [-0.39, 0.29) is 0 Å². The minimum absolute atomic E-state index is 0.631. The molecule has 0 saturated carbocycles. The van der Waals surface area contributed by atoms with Crippen molar-refractivity contribution in [3.8, 4) is 22.8 Å². The Morgan fingerprint density at radius 2 is 0.971 bits per heavy atom. The van der Waals surface area contributed by atoms with Crippen molar-refractivity contribution in [2.45, 2.75) is 90.1 Å². The first-order valence-electron chi connectivity index (χ1n) is 12.6. The van der Waals surface area contributed by atoms with Gasteiger partial charge in [-0.3, -0.25) is 0 Å². The SMILES string of the molecule is BrCCCCCCCCn1nnc(-c2cccc(-c3nnn(CCCCCCCCBr)n3)c2)n1. The maximum Gasteiger partial charge on any atom is 0.204 e. The Labute approximate surface area is 219 Å². The summed E-state index contributed by atoms with van der Waals surface area (Å²) >= 11 is 6.97. The van der Waals surface area contributed by atoms with Crippen molar-refractivity contribution in [2.75, 3.05) is 10.7 Å². The van der Waals surface area contributed by atoms with Crippen LogP contribution in [0.5, 0.6) is 0 Å². The van der Waals surface area contributed by atoms with Gasteiger partial charge in [-0.1, -0.05) is 101 Å². The van der Waals surface area contributed by atoms with E-state index >= 15 is 0 Å². The molecule has 0 N–H and O–H groups in total. The molecular weight excluding hydrogens is 560 g/mol. The predicted molar refractivity (Wildman–Crippen MR) is 143 cm³/mol. The van der Waals surface area contributed by atoms with E-state index in [9.17, 15) is 0 Å². The number of hydrogen-bond acceptors (Lipinski definition) is 6. The molecule has 0 atom stereocenters. The molecule has 186 valence electrons. The molecule has 0 radical (unpaired) electrons. The van der Waals surface area contributed by atoms with Crippen LogP contribution in [0.1, 0.15) is 77.0 Å². The lowest BCUT2D eigenvalue weighted by molar-refractivity contribution is 0.475. The molecule has 0 fully saturated rings. The van der Waals surface area contributed by atoms with Crippen molar-refractivity contribution in [1.82, 2.24) is 40.4 Å². The van der Waals surface area contributed by atoms with Crippen LogP contribution < -0.4 is 0 Å². The van der Waals surface area contributed by atoms with Gasteiger partial charge in [-0.05, 0) is 42.2 Å². The third-order valence-corrected chi connectivity index (χ3v) is 6.89. The highest BCUT2D eigenvalue weighted by molar-refractivity contribution is 9.09. The van der Waals surface area contributed by atoms with Gasteiger partial charge in [-0.2, -0.15) is 9.59 Å². The Morgan fingerprint density at radius 1 is 0.559 bits per heavy atom. The Balaban J connectivity index is 1.45. The quantitative estimate of drug-likeness (QED) is 0.124. The normalized spacial score (nSPS) is 11.4. The molecule has 2 aromatic heterocycles. The van der Waals surface area contributed by atoms with Crippen LogP contribution in [-0.2, 0) is 13.1 Å². The second kappa shape index (κ2) is 16.1. The molecule has 0 saturated heterocycles. The molecule has 1 aromatic carbocycles. The van der Waals surface area contributed by atoms with Crippen LogP contribution in [0, 0.1) is 0 Å². The summed E-state index contributed by atoms with van der Waals surface area (Å²) in [5.41, 5.74) is 1.83. The Morgan fingerprint density at radius 3 is 1.41 bits per heavy atom. The molecule has 0 bridgehead atoms. The van der Waals surface area contributed by atoms with E-state index in [0.717, 1.165) is 47.7 Å². The lowest BCUT2D eigenvalue weighted by atomic mass is 10.1. The van der Waals surface area contributed by atoms with Gasteiger partial charge in [-0.25, -0.2) is 0 Å². The number of unbranched alkanes of at least 4 members (excludes halogenated alkanes) is 10. The van der Waals surface area contributed by atoms with Gasteiger partial charge in [0.15, 0.2) is 0 Å². The summed E-state index contributed by atoms with van der Waals surface area (Å²) in [5, 5.41) is 28.3. The van der Waals surface area contributed by atoms with Gasteiger partial charge in [0.05, 0.1) is 13.1 Å². The van der Waals surface area contributed by atoms with E-state index in [0.29, 0.717) is 11.6 Å². The monoisotopic (exact) mass is 594 g/mol. The summed E-state index contributed by atoms with van der Waals surface area (Å²) in [5.74, 6) is 1.26. The first-order valence-corrected chi connectivity index (χ1v) is 14.8. The molecule has 3 aromatic rings. The Kier molecular flexibility index (Phi) is 12.7. The Bertz CT molecular complexity index is 871. The highest BCUT2D eigenvalue weighted by atomic mass is 79.9. The number of aryl methyl sites for hydroxylation is 2. The van der Waals surface area contributed by atoms with E-state index in [2.05, 4.69) is 62.7 Å². The molecule has 0 amide bonds. The number of tetrazole rings is 2. The predicted octanol–water partition coefficient (Wildman–Crippen LogP) is 6.46. The molecule has 0 unspecified atom stereocenters. The summed E-state index contributed by atoms with van der Waals surface area (Å²) in [6.07, 6.45) is 14.8. The summed E-state index contributed by atoms with van der Waals surface area (Å²) in [4.78, 5) is 3.41. The second-order valence-electron chi connectivity index (χ2n) is 8.62. The number of rotatable bonds is 18. The van der Waals surface area contributed by atoms with Crippen molar-refractivity contribution < 1.29 is 0 Å². The fourth-order valence-corrected chi connectivity index (χ4v) is 4.61. The van der Waals surface area contributed by atoms with Crippen LogP contribution in [0.2, 0.25) is 0 Å². The zero-order chi connectivity index (χ0) is 23.8. The lowest BCUT2D eigenvalue weighted by Crippen LogP contribution is -2.02. The minimum atomic E-state index is 0.631. The van der Waals surface area contributed by atoms with Crippen molar-refractivity contribution >= 4 is 31.9 Å². The van der Waals surface area contributed by atoms with Gasteiger partial charge in [0, 0.05) is 21.8 Å². The van der Waals surface area contributed by atoms with Crippen LogP contribution in [-0.4, -0.2) is 51.1 Å². The summed E-state index contributed by atoms with van der Waals surface area (Å²) < 4.78 is 0. The molecule has 2 heterocycles. The summed E-state index contributed by atoms with van der Waals surface area (Å²) in [6.45, 7) is 1.61. The van der Waals surface area contributed by atoms with Gasteiger partial charge >= 0.3 is 0 Å². The van der Waals surface area contributed by atoms with E-state index in [4.69, 9.17) is 0 Å². The molecule has 10 heteroatoms. The smallest absolute Gasteiger partial charge is 0.164 e. The molecule has 34 heavy (non-hydrogen) atoms. The van der Waals surface area contributed by atoms with E-state index < -0.39 is 0 Å². The molecule has 0 aliphatic carbocycles. The number of alkyl halides is 2. The van der Waals surface area contributed by atoms with Gasteiger partial charge in [-0.15, -0.1) is 20.4 Å². The molecule has 0 aliphatic heterocycles. The number of nitrogens with zero attached hydrogens (tertiary/aromatic N) is 8. The highest BCUT2D eigenvalue weighted by Gasteiger charge is 2.11. The number of halogens is 2. The van der Waals surface area contributed by atoms with E-state index in [1.807, 2.05) is 24.3 Å². The summed E-state index contributed by atoms with van der Waals surface area (Å²) in [6, 6.07) is 7.98. The lowest BCUT2D eigenvalue weighted by Gasteiger charge is -2.01. The second-order valence-corrected chi connectivity index (χ2v) is 10.2. The van der Waals surface area contributed by atoms with Crippen molar-refractivity contribution in [2.24, 2.45) is 0 Å². The largest absolute Gasteiger partial charge is 0.204 e. The van der Waals surface area contributed by atoms with Gasteiger partial charge in [0.2, 0.25) is 11.6 Å². The van der Waals surface area contributed by atoms with Crippen LogP contribution in [0.3, 0.4) is 0 Å². The topological polar surface area (TPSA) is 87.2 Å². The van der Waals surface area contributed by atoms with Crippen LogP contribution in [0.4, 0.5) is 0 Å². The van der Waals surface area contributed by atoms with Crippen LogP contribution in [0.25, 0.3) is 22.8 Å². The first-order chi connectivity index (χ1) is 16.8.